The lowest BCUT2D eigenvalue weighted by atomic mass is 10.0. The van der Waals surface area contributed by atoms with Gasteiger partial charge in [0.05, 0.1) is 5.69 Å². The van der Waals surface area contributed by atoms with Crippen molar-refractivity contribution in [2.45, 2.75) is 26.9 Å². The Hall–Kier alpha value is -3.97. The zero-order chi connectivity index (χ0) is 24.8. The third-order valence-corrected chi connectivity index (χ3v) is 6.03. The highest BCUT2D eigenvalue weighted by Gasteiger charge is 2.11. The predicted octanol–water partition coefficient (Wildman–Crippen LogP) is 5.33. The van der Waals surface area contributed by atoms with Gasteiger partial charge in [0.25, 0.3) is 5.91 Å². The molecule has 0 fully saturated rings. The molecule has 178 valence electrons. The van der Waals surface area contributed by atoms with Crippen molar-refractivity contribution >= 4 is 28.9 Å². The first kappa shape index (κ1) is 24.2. The summed E-state index contributed by atoms with van der Waals surface area (Å²) < 4.78 is 7.73. The molecule has 6 nitrogen and oxygen atoms in total. The number of carbonyl (C=O) groups is 1. The van der Waals surface area contributed by atoms with E-state index in [4.69, 9.17) is 17.0 Å². The number of hydrogen-bond donors (Lipinski definition) is 2. The Labute approximate surface area is 210 Å². The van der Waals surface area contributed by atoms with Crippen molar-refractivity contribution in [3.05, 3.63) is 113 Å². The Morgan fingerprint density at radius 1 is 0.971 bits per heavy atom. The maximum absolute atomic E-state index is 12.7. The van der Waals surface area contributed by atoms with E-state index in [1.54, 1.807) is 18.2 Å². The molecule has 0 unspecified atom stereocenters. The fourth-order valence-electron chi connectivity index (χ4n) is 3.79. The van der Waals surface area contributed by atoms with Crippen LogP contribution in [-0.2, 0) is 20.1 Å². The van der Waals surface area contributed by atoms with Crippen LogP contribution in [0.4, 0.5) is 5.69 Å². The Bertz CT molecular complexity index is 1330. The second-order valence-electron chi connectivity index (χ2n) is 8.36. The van der Waals surface area contributed by atoms with E-state index in [0.717, 1.165) is 23.4 Å². The molecule has 0 aliphatic rings. The third kappa shape index (κ3) is 6.33. The van der Waals surface area contributed by atoms with Crippen LogP contribution in [0, 0.1) is 13.8 Å². The van der Waals surface area contributed by atoms with Crippen LogP contribution in [0.15, 0.2) is 78.9 Å². The number of ether oxygens (including phenoxy) is 1. The van der Waals surface area contributed by atoms with Gasteiger partial charge in [-0.25, -0.2) is 0 Å². The van der Waals surface area contributed by atoms with Gasteiger partial charge in [-0.15, -0.1) is 0 Å². The molecule has 4 rings (SSSR count). The highest BCUT2D eigenvalue weighted by Crippen LogP contribution is 2.19. The van der Waals surface area contributed by atoms with Crippen LogP contribution in [0.1, 0.15) is 38.4 Å². The molecule has 1 aromatic heterocycles. The molecule has 1 amide bonds. The fraction of sp³-hybridized carbons (Fsp3) is 0.179. The number of carbonyl (C=O) groups excluding carboxylic acids is 1. The third-order valence-electron chi connectivity index (χ3n) is 5.82. The molecule has 7 heteroatoms. The average Bonchev–Trinajstić information content (AvgIpc) is 3.10. The van der Waals surface area contributed by atoms with Crippen LogP contribution in [0.3, 0.4) is 0 Å². The molecule has 0 aliphatic carbocycles. The molecule has 4 aromatic rings. The Kier molecular flexibility index (Phi) is 7.57. The number of benzene rings is 3. The summed E-state index contributed by atoms with van der Waals surface area (Å²) in [4.78, 5) is 12.7. The normalized spacial score (nSPS) is 10.6. The van der Waals surface area contributed by atoms with E-state index < -0.39 is 0 Å². The minimum Gasteiger partial charge on any atom is -0.489 e. The van der Waals surface area contributed by atoms with Crippen molar-refractivity contribution in [3.8, 4) is 5.75 Å². The highest BCUT2D eigenvalue weighted by atomic mass is 32.1. The van der Waals surface area contributed by atoms with E-state index in [-0.39, 0.29) is 11.0 Å². The summed E-state index contributed by atoms with van der Waals surface area (Å²) in [5.41, 5.74) is 6.97. The maximum atomic E-state index is 12.7. The summed E-state index contributed by atoms with van der Waals surface area (Å²) in [5.74, 6) is 0.321. The minimum atomic E-state index is -0.299. The zero-order valence-electron chi connectivity index (χ0n) is 20.0. The summed E-state index contributed by atoms with van der Waals surface area (Å²) in [5, 5.41) is 10.5. The fourth-order valence-corrected chi connectivity index (χ4v) is 4.00. The van der Waals surface area contributed by atoms with Crippen molar-refractivity contribution in [1.29, 1.82) is 0 Å². The van der Waals surface area contributed by atoms with Crippen molar-refractivity contribution in [3.63, 3.8) is 0 Å². The first-order valence-electron chi connectivity index (χ1n) is 11.4. The number of thiocarbonyl (C=S) groups is 1. The molecule has 0 aliphatic heterocycles. The number of hydrogen-bond acceptors (Lipinski definition) is 4. The van der Waals surface area contributed by atoms with E-state index in [9.17, 15) is 4.79 Å². The number of anilines is 1. The number of aryl methyl sites for hydroxylation is 2. The van der Waals surface area contributed by atoms with Gasteiger partial charge in [0.2, 0.25) is 0 Å². The van der Waals surface area contributed by atoms with Crippen LogP contribution in [-0.4, -0.2) is 20.8 Å². The molecule has 0 radical (unpaired) electrons. The molecular weight excluding hydrogens is 456 g/mol. The number of aromatic nitrogens is 2. The highest BCUT2D eigenvalue weighted by molar-refractivity contribution is 7.80. The SMILES string of the molecule is Cc1nn(C)c(C)c1Cc1ccc(NC(=S)NC(=O)c2cccc(OCc3ccccc3)c2)cc1. The van der Waals surface area contributed by atoms with Gasteiger partial charge in [0.1, 0.15) is 12.4 Å². The second kappa shape index (κ2) is 11.0. The number of nitrogens with one attached hydrogen (secondary N) is 2. The van der Waals surface area contributed by atoms with E-state index in [0.29, 0.717) is 17.9 Å². The van der Waals surface area contributed by atoms with E-state index in [1.165, 1.54) is 16.8 Å². The zero-order valence-corrected chi connectivity index (χ0v) is 20.9. The van der Waals surface area contributed by atoms with E-state index >= 15 is 0 Å². The van der Waals surface area contributed by atoms with Gasteiger partial charge in [0, 0.05) is 36.0 Å². The molecule has 0 bridgehead atoms. The first-order valence-corrected chi connectivity index (χ1v) is 11.8. The summed E-state index contributed by atoms with van der Waals surface area (Å²) >= 11 is 5.35. The topological polar surface area (TPSA) is 68.2 Å². The maximum Gasteiger partial charge on any atom is 0.257 e. The molecular formula is C28H28N4O2S. The Balaban J connectivity index is 1.31. The van der Waals surface area contributed by atoms with Crippen molar-refractivity contribution in [2.75, 3.05) is 5.32 Å². The number of amides is 1. The number of nitrogens with zero attached hydrogens (tertiary/aromatic N) is 2. The molecule has 35 heavy (non-hydrogen) atoms. The lowest BCUT2D eigenvalue weighted by Crippen LogP contribution is -2.34. The molecule has 0 spiro atoms. The van der Waals surface area contributed by atoms with Crippen LogP contribution >= 0.6 is 12.2 Å². The van der Waals surface area contributed by atoms with Crippen molar-refractivity contribution in [2.24, 2.45) is 7.05 Å². The van der Waals surface area contributed by atoms with Gasteiger partial charge in [-0.1, -0.05) is 48.5 Å². The minimum absolute atomic E-state index is 0.234. The lowest BCUT2D eigenvalue weighted by Gasteiger charge is -2.11. The van der Waals surface area contributed by atoms with Gasteiger partial charge >= 0.3 is 0 Å². The van der Waals surface area contributed by atoms with Crippen LogP contribution in [0.25, 0.3) is 0 Å². The number of rotatable bonds is 7. The van der Waals surface area contributed by atoms with E-state index in [1.807, 2.05) is 79.3 Å². The predicted molar refractivity (Wildman–Crippen MR) is 143 cm³/mol. The smallest absolute Gasteiger partial charge is 0.257 e. The van der Waals surface area contributed by atoms with Gasteiger partial charge in [-0.05, 0) is 67.5 Å². The second-order valence-corrected chi connectivity index (χ2v) is 8.77. The van der Waals surface area contributed by atoms with Gasteiger partial charge in [-0.3, -0.25) is 14.8 Å². The summed E-state index contributed by atoms with van der Waals surface area (Å²) in [6, 6.07) is 24.9. The molecule has 0 saturated carbocycles. The van der Waals surface area contributed by atoms with Crippen LogP contribution in [0.2, 0.25) is 0 Å². The lowest BCUT2D eigenvalue weighted by molar-refractivity contribution is 0.0977. The molecule has 1 heterocycles. The summed E-state index contributed by atoms with van der Waals surface area (Å²) in [6.45, 7) is 4.55. The van der Waals surface area contributed by atoms with Crippen molar-refractivity contribution in [1.82, 2.24) is 15.1 Å². The monoisotopic (exact) mass is 484 g/mol. The van der Waals surface area contributed by atoms with Gasteiger partial charge in [0.15, 0.2) is 5.11 Å². The summed E-state index contributed by atoms with van der Waals surface area (Å²) in [6.07, 6.45) is 0.815. The van der Waals surface area contributed by atoms with Crippen molar-refractivity contribution < 1.29 is 9.53 Å². The Morgan fingerprint density at radius 3 is 2.40 bits per heavy atom. The van der Waals surface area contributed by atoms with Gasteiger partial charge in [-0.2, -0.15) is 5.10 Å². The van der Waals surface area contributed by atoms with Crippen LogP contribution in [0.5, 0.6) is 5.75 Å². The average molecular weight is 485 g/mol. The molecule has 3 aromatic carbocycles. The Morgan fingerprint density at radius 2 is 1.71 bits per heavy atom. The van der Waals surface area contributed by atoms with Gasteiger partial charge < -0.3 is 10.1 Å². The van der Waals surface area contributed by atoms with E-state index in [2.05, 4.69) is 22.7 Å². The first-order chi connectivity index (χ1) is 16.9. The molecule has 0 atom stereocenters. The molecule has 2 N–H and O–H groups in total. The van der Waals surface area contributed by atoms with Crippen LogP contribution < -0.4 is 15.4 Å². The standard InChI is InChI=1S/C28H28N4O2S/c1-19-26(20(2)32(3)31-19)16-21-12-14-24(15-13-21)29-28(35)30-27(33)23-10-7-11-25(17-23)34-18-22-8-5-4-6-9-22/h4-15,17H,16,18H2,1-3H3,(H2,29,30,33,35). The summed E-state index contributed by atoms with van der Waals surface area (Å²) in [7, 11) is 1.96. The largest absolute Gasteiger partial charge is 0.489 e. The quantitative estimate of drug-likeness (QED) is 0.347. The molecule has 0 saturated heterocycles.